The monoisotopic (exact) mass is 487 g/mol. The number of thiazole rings is 1. The molecule has 0 spiro atoms. The molecule has 1 unspecified atom stereocenters. The summed E-state index contributed by atoms with van der Waals surface area (Å²) in [5, 5.41) is 9.10. The molecule has 7 heteroatoms. The van der Waals surface area contributed by atoms with E-state index in [1.165, 1.54) is 0 Å². The Balaban J connectivity index is 1.34. The average molecular weight is 488 g/mol. The van der Waals surface area contributed by atoms with Gasteiger partial charge in [0.05, 0.1) is 16.7 Å². The lowest BCUT2D eigenvalue weighted by molar-refractivity contribution is 0.0939. The molecular weight excluding hydrogens is 462 g/mol. The summed E-state index contributed by atoms with van der Waals surface area (Å²) in [4.78, 5) is 30.8. The Hall–Kier alpha value is -3.42. The number of thioether (sulfide) groups is 1. The summed E-state index contributed by atoms with van der Waals surface area (Å²) in [7, 11) is 0. The summed E-state index contributed by atoms with van der Waals surface area (Å²) in [6.45, 7) is 3.93. The molecule has 0 saturated carbocycles. The highest BCUT2D eigenvalue weighted by molar-refractivity contribution is 7.98. The van der Waals surface area contributed by atoms with Crippen LogP contribution in [0.3, 0.4) is 0 Å². The molecule has 2 N–H and O–H groups in total. The second-order valence-corrected chi connectivity index (χ2v) is 9.92. The first-order chi connectivity index (χ1) is 16.5. The van der Waals surface area contributed by atoms with Crippen molar-refractivity contribution in [2.45, 2.75) is 30.5 Å². The number of rotatable bonds is 8. The second-order valence-electron chi connectivity index (χ2n) is 7.81. The van der Waals surface area contributed by atoms with E-state index in [0.29, 0.717) is 16.8 Å². The number of carbonyl (C=O) groups excluding carboxylic acids is 2. The molecule has 1 heterocycles. The van der Waals surface area contributed by atoms with Crippen molar-refractivity contribution in [3.05, 3.63) is 112 Å². The van der Waals surface area contributed by atoms with Gasteiger partial charge in [0, 0.05) is 32.8 Å². The van der Waals surface area contributed by atoms with Gasteiger partial charge in [0.25, 0.3) is 11.8 Å². The van der Waals surface area contributed by atoms with Crippen molar-refractivity contribution in [3.63, 3.8) is 0 Å². The number of nitrogens with zero attached hydrogens (tertiary/aromatic N) is 1. The Bertz CT molecular complexity index is 1270. The van der Waals surface area contributed by atoms with Crippen molar-refractivity contribution in [3.8, 4) is 0 Å². The van der Waals surface area contributed by atoms with Gasteiger partial charge in [-0.15, -0.1) is 23.1 Å². The van der Waals surface area contributed by atoms with Gasteiger partial charge in [0.2, 0.25) is 0 Å². The van der Waals surface area contributed by atoms with Gasteiger partial charge in [-0.3, -0.25) is 9.59 Å². The van der Waals surface area contributed by atoms with Crippen LogP contribution in [0.15, 0.2) is 89.1 Å². The summed E-state index contributed by atoms with van der Waals surface area (Å²) in [6, 6.07) is 24.0. The van der Waals surface area contributed by atoms with Gasteiger partial charge in [0.1, 0.15) is 0 Å². The molecule has 172 valence electrons. The van der Waals surface area contributed by atoms with Crippen LogP contribution in [0.1, 0.15) is 49.9 Å². The number of nitrogens with one attached hydrogen (secondary N) is 2. The van der Waals surface area contributed by atoms with E-state index in [1.54, 1.807) is 35.2 Å². The number of hydrogen-bond acceptors (Lipinski definition) is 5. The maximum absolute atomic E-state index is 12.8. The summed E-state index contributed by atoms with van der Waals surface area (Å²) in [5.41, 5.74) is 3.87. The lowest BCUT2D eigenvalue weighted by Gasteiger charge is -2.16. The minimum atomic E-state index is -0.219. The standard InChI is InChI=1S/C27H25N3O2S2/c1-18(22-9-6-10-23(15-22)30-27(32)20-7-4-3-5-8-20)28-26(31)21-11-13-25(14-12-21)34-17-24-16-33-19(2)29-24/h3-16,18H,17H2,1-2H3,(H,28,31)(H,30,32). The lowest BCUT2D eigenvalue weighted by Crippen LogP contribution is -2.26. The minimum Gasteiger partial charge on any atom is -0.346 e. The number of benzene rings is 3. The van der Waals surface area contributed by atoms with Gasteiger partial charge >= 0.3 is 0 Å². The Labute approximate surface area is 207 Å². The van der Waals surface area contributed by atoms with Crippen molar-refractivity contribution in [1.82, 2.24) is 10.3 Å². The highest BCUT2D eigenvalue weighted by Gasteiger charge is 2.13. The van der Waals surface area contributed by atoms with Crippen LogP contribution in [-0.4, -0.2) is 16.8 Å². The average Bonchev–Trinajstić information content (AvgIpc) is 3.28. The van der Waals surface area contributed by atoms with Crippen LogP contribution in [-0.2, 0) is 5.75 Å². The van der Waals surface area contributed by atoms with Crippen molar-refractivity contribution in [2.24, 2.45) is 0 Å². The van der Waals surface area contributed by atoms with Gasteiger partial charge in [-0.05, 0) is 67.9 Å². The highest BCUT2D eigenvalue weighted by atomic mass is 32.2. The number of anilines is 1. The second kappa shape index (κ2) is 11.1. The smallest absolute Gasteiger partial charge is 0.255 e. The largest absolute Gasteiger partial charge is 0.346 e. The Morgan fingerprint density at radius 1 is 0.941 bits per heavy atom. The summed E-state index contributed by atoms with van der Waals surface area (Å²) < 4.78 is 0. The third kappa shape index (κ3) is 6.34. The molecule has 0 fully saturated rings. The number of carbonyl (C=O) groups is 2. The van der Waals surface area contributed by atoms with Gasteiger partial charge < -0.3 is 10.6 Å². The fourth-order valence-corrected chi connectivity index (χ4v) is 4.89. The van der Waals surface area contributed by atoms with Gasteiger partial charge in [-0.2, -0.15) is 0 Å². The molecule has 0 aliphatic heterocycles. The van der Waals surface area contributed by atoms with E-state index >= 15 is 0 Å². The van der Waals surface area contributed by atoms with Crippen LogP contribution in [0.2, 0.25) is 0 Å². The zero-order chi connectivity index (χ0) is 23.9. The van der Waals surface area contributed by atoms with Crippen molar-refractivity contribution < 1.29 is 9.59 Å². The SMILES string of the molecule is Cc1nc(CSc2ccc(C(=O)NC(C)c3cccc(NC(=O)c4ccccc4)c3)cc2)cs1. The van der Waals surface area contributed by atoms with Crippen LogP contribution >= 0.6 is 23.1 Å². The predicted molar refractivity (Wildman–Crippen MR) is 140 cm³/mol. The summed E-state index contributed by atoms with van der Waals surface area (Å²) in [5.74, 6) is 0.500. The van der Waals surface area contributed by atoms with Crippen molar-refractivity contribution in [1.29, 1.82) is 0 Å². The molecule has 0 bridgehead atoms. The third-order valence-electron chi connectivity index (χ3n) is 5.20. The van der Waals surface area contributed by atoms with E-state index in [2.05, 4.69) is 21.0 Å². The molecule has 0 saturated heterocycles. The first-order valence-electron chi connectivity index (χ1n) is 10.9. The molecule has 3 aromatic carbocycles. The molecule has 5 nitrogen and oxygen atoms in total. The number of amides is 2. The normalized spacial score (nSPS) is 11.6. The Kier molecular flexibility index (Phi) is 7.77. The molecule has 1 aromatic heterocycles. The number of aryl methyl sites for hydroxylation is 1. The van der Waals surface area contributed by atoms with E-state index < -0.39 is 0 Å². The summed E-state index contributed by atoms with van der Waals surface area (Å²) >= 11 is 3.35. The maximum atomic E-state index is 12.8. The third-order valence-corrected chi connectivity index (χ3v) is 7.07. The lowest BCUT2D eigenvalue weighted by atomic mass is 10.1. The van der Waals surface area contributed by atoms with Crippen LogP contribution in [0.25, 0.3) is 0 Å². The highest BCUT2D eigenvalue weighted by Crippen LogP contribution is 2.24. The maximum Gasteiger partial charge on any atom is 0.255 e. The van der Waals surface area contributed by atoms with Crippen molar-refractivity contribution in [2.75, 3.05) is 5.32 Å². The molecule has 4 rings (SSSR count). The zero-order valence-electron chi connectivity index (χ0n) is 18.9. The molecule has 2 amide bonds. The summed E-state index contributed by atoms with van der Waals surface area (Å²) in [6.07, 6.45) is 0. The Morgan fingerprint density at radius 2 is 1.68 bits per heavy atom. The quantitative estimate of drug-likeness (QED) is 0.279. The number of aromatic nitrogens is 1. The fraction of sp³-hybridized carbons (Fsp3) is 0.148. The Morgan fingerprint density at radius 3 is 2.38 bits per heavy atom. The molecule has 34 heavy (non-hydrogen) atoms. The van der Waals surface area contributed by atoms with Crippen LogP contribution in [0.5, 0.6) is 0 Å². The molecule has 0 radical (unpaired) electrons. The molecule has 0 aliphatic carbocycles. The fourth-order valence-electron chi connectivity index (χ4n) is 3.38. The van der Waals surface area contributed by atoms with E-state index in [9.17, 15) is 9.59 Å². The first-order valence-corrected chi connectivity index (χ1v) is 12.8. The van der Waals surface area contributed by atoms with Crippen LogP contribution in [0, 0.1) is 6.92 Å². The van der Waals surface area contributed by atoms with E-state index in [-0.39, 0.29) is 17.9 Å². The molecule has 0 aliphatic rings. The van der Waals surface area contributed by atoms with Crippen LogP contribution in [0.4, 0.5) is 5.69 Å². The molecule has 1 atom stereocenters. The van der Waals surface area contributed by atoms with E-state index in [4.69, 9.17) is 0 Å². The van der Waals surface area contributed by atoms with E-state index in [0.717, 1.165) is 26.9 Å². The van der Waals surface area contributed by atoms with E-state index in [1.807, 2.05) is 80.6 Å². The van der Waals surface area contributed by atoms with Crippen LogP contribution < -0.4 is 10.6 Å². The zero-order valence-corrected chi connectivity index (χ0v) is 20.6. The first kappa shape index (κ1) is 23.7. The predicted octanol–water partition coefficient (Wildman–Crippen LogP) is 6.49. The minimum absolute atomic E-state index is 0.141. The van der Waals surface area contributed by atoms with Gasteiger partial charge in [-0.1, -0.05) is 30.3 Å². The van der Waals surface area contributed by atoms with Gasteiger partial charge in [0.15, 0.2) is 0 Å². The molecular formula is C27H25N3O2S2. The number of hydrogen-bond donors (Lipinski definition) is 2. The van der Waals surface area contributed by atoms with Gasteiger partial charge in [-0.25, -0.2) is 4.98 Å². The van der Waals surface area contributed by atoms with Crippen molar-refractivity contribution >= 4 is 40.6 Å². The topological polar surface area (TPSA) is 71.1 Å². The molecule has 4 aromatic rings.